The number of nitrogens with zero attached hydrogens (tertiary/aromatic N) is 2. The fraction of sp³-hybridized carbons (Fsp3) is 0. The van der Waals surface area contributed by atoms with Crippen LogP contribution in [0.15, 0.2) is 41.4 Å². The minimum absolute atomic E-state index is 0.116. The average molecular weight is 448 g/mol. The van der Waals surface area contributed by atoms with Crippen molar-refractivity contribution in [3.05, 3.63) is 64.8 Å². The molecule has 0 bridgehead atoms. The van der Waals surface area contributed by atoms with Gasteiger partial charge in [-0.25, -0.2) is 36.1 Å². The molecule has 152 valence electrons. The van der Waals surface area contributed by atoms with Gasteiger partial charge >= 0.3 is 0 Å². The number of anilines is 4. The molecule has 1 heterocycles. The molecule has 0 atom stereocenters. The van der Waals surface area contributed by atoms with Crippen LogP contribution in [-0.2, 0) is 10.0 Å². The SMILES string of the molecule is NS(=O)(=O)c1cc(Nc2ncc(F)c(Nc3ccc(F)c(F)c3F)n2)ccc1Cl. The van der Waals surface area contributed by atoms with E-state index in [1.165, 1.54) is 12.1 Å². The molecule has 0 amide bonds. The van der Waals surface area contributed by atoms with E-state index in [1.807, 2.05) is 0 Å². The third kappa shape index (κ3) is 4.55. The standard InChI is InChI=1S/C16H10ClF4N5O2S/c17-8-2-1-7(5-12(8)29(22,27)28)24-16-23-6-10(19)15(26-16)25-11-4-3-9(18)13(20)14(11)21/h1-6H,(H2,22,27,28)(H2,23,24,25,26). The molecule has 3 aromatic rings. The zero-order chi connectivity index (χ0) is 21.3. The lowest BCUT2D eigenvalue weighted by molar-refractivity contribution is 0.449. The Labute approximate surface area is 166 Å². The van der Waals surface area contributed by atoms with Gasteiger partial charge in [0, 0.05) is 5.69 Å². The molecule has 29 heavy (non-hydrogen) atoms. The summed E-state index contributed by atoms with van der Waals surface area (Å²) in [7, 11) is -4.11. The Kier molecular flexibility index (Phi) is 5.59. The molecule has 0 unspecified atom stereocenters. The molecule has 3 rings (SSSR count). The van der Waals surface area contributed by atoms with Crippen molar-refractivity contribution in [1.29, 1.82) is 0 Å². The van der Waals surface area contributed by atoms with Gasteiger partial charge in [-0.3, -0.25) is 0 Å². The molecule has 0 aliphatic heterocycles. The average Bonchev–Trinajstić information content (AvgIpc) is 2.65. The van der Waals surface area contributed by atoms with Crippen LogP contribution < -0.4 is 15.8 Å². The van der Waals surface area contributed by atoms with Crippen molar-refractivity contribution in [2.45, 2.75) is 4.90 Å². The number of benzene rings is 2. The molecule has 7 nitrogen and oxygen atoms in total. The van der Waals surface area contributed by atoms with E-state index in [-0.39, 0.29) is 21.6 Å². The number of hydrogen-bond acceptors (Lipinski definition) is 6. The van der Waals surface area contributed by atoms with Crippen molar-refractivity contribution in [2.24, 2.45) is 5.14 Å². The first-order valence-corrected chi connectivity index (χ1v) is 9.51. The van der Waals surface area contributed by atoms with Crippen molar-refractivity contribution in [3.63, 3.8) is 0 Å². The van der Waals surface area contributed by atoms with E-state index in [0.29, 0.717) is 6.07 Å². The van der Waals surface area contributed by atoms with Crippen LogP contribution in [0.4, 0.5) is 40.7 Å². The molecule has 13 heteroatoms. The Morgan fingerprint density at radius 2 is 1.69 bits per heavy atom. The number of sulfonamides is 1. The summed E-state index contributed by atoms with van der Waals surface area (Å²) in [4.78, 5) is 7.06. The van der Waals surface area contributed by atoms with Crippen LogP contribution in [0.3, 0.4) is 0 Å². The van der Waals surface area contributed by atoms with Gasteiger partial charge in [0.2, 0.25) is 16.0 Å². The highest BCUT2D eigenvalue weighted by atomic mass is 35.5. The maximum Gasteiger partial charge on any atom is 0.239 e. The second-order valence-corrected chi connectivity index (χ2v) is 7.49. The highest BCUT2D eigenvalue weighted by Crippen LogP contribution is 2.27. The first kappa shape index (κ1) is 20.8. The molecule has 0 saturated heterocycles. The van der Waals surface area contributed by atoms with Gasteiger partial charge < -0.3 is 10.6 Å². The number of primary sulfonamides is 1. The van der Waals surface area contributed by atoms with Gasteiger partial charge in [0.25, 0.3) is 0 Å². The summed E-state index contributed by atoms with van der Waals surface area (Å²) in [5.74, 6) is -6.49. The van der Waals surface area contributed by atoms with Crippen LogP contribution in [0.1, 0.15) is 0 Å². The lowest BCUT2D eigenvalue weighted by atomic mass is 10.2. The van der Waals surface area contributed by atoms with Crippen molar-refractivity contribution >= 4 is 44.8 Å². The van der Waals surface area contributed by atoms with Crippen LogP contribution in [0.5, 0.6) is 0 Å². The molecular weight excluding hydrogens is 438 g/mol. The van der Waals surface area contributed by atoms with Crippen LogP contribution in [-0.4, -0.2) is 18.4 Å². The van der Waals surface area contributed by atoms with Crippen molar-refractivity contribution in [3.8, 4) is 0 Å². The van der Waals surface area contributed by atoms with Gasteiger partial charge in [-0.1, -0.05) is 11.6 Å². The molecule has 0 spiro atoms. The molecule has 0 aliphatic carbocycles. The topological polar surface area (TPSA) is 110 Å². The van der Waals surface area contributed by atoms with Crippen molar-refractivity contribution in [1.82, 2.24) is 9.97 Å². The third-order valence-corrected chi connectivity index (χ3v) is 4.92. The summed E-state index contributed by atoms with van der Waals surface area (Å²) in [5.41, 5.74) is -0.412. The number of hydrogen-bond donors (Lipinski definition) is 3. The van der Waals surface area contributed by atoms with Crippen LogP contribution in [0, 0.1) is 23.3 Å². The molecule has 4 N–H and O–H groups in total. The molecule has 0 aliphatic rings. The third-order valence-electron chi connectivity index (χ3n) is 3.53. The number of halogens is 5. The first-order valence-electron chi connectivity index (χ1n) is 7.58. The molecule has 0 fully saturated rings. The zero-order valence-corrected chi connectivity index (χ0v) is 15.6. The van der Waals surface area contributed by atoms with E-state index in [2.05, 4.69) is 20.6 Å². The summed E-state index contributed by atoms with van der Waals surface area (Å²) >= 11 is 5.79. The van der Waals surface area contributed by atoms with Crippen molar-refractivity contribution < 1.29 is 26.0 Å². The second-order valence-electron chi connectivity index (χ2n) is 5.55. The van der Waals surface area contributed by atoms with Crippen LogP contribution in [0.25, 0.3) is 0 Å². The van der Waals surface area contributed by atoms with Crippen LogP contribution in [0.2, 0.25) is 5.02 Å². The highest BCUT2D eigenvalue weighted by molar-refractivity contribution is 7.89. The zero-order valence-electron chi connectivity index (χ0n) is 14.1. The van der Waals surface area contributed by atoms with E-state index in [0.717, 1.165) is 18.3 Å². The van der Waals surface area contributed by atoms with E-state index < -0.39 is 44.8 Å². The Hall–Kier alpha value is -2.96. The number of nitrogens with two attached hydrogens (primary N) is 1. The number of rotatable bonds is 5. The lowest BCUT2D eigenvalue weighted by Crippen LogP contribution is -2.13. The lowest BCUT2D eigenvalue weighted by Gasteiger charge is -2.11. The van der Waals surface area contributed by atoms with E-state index in [4.69, 9.17) is 16.7 Å². The molecule has 0 radical (unpaired) electrons. The van der Waals surface area contributed by atoms with Gasteiger partial charge in [-0.2, -0.15) is 4.98 Å². The summed E-state index contributed by atoms with van der Waals surface area (Å²) in [5, 5.41) is 9.74. The predicted molar refractivity (Wildman–Crippen MR) is 97.7 cm³/mol. The summed E-state index contributed by atoms with van der Waals surface area (Å²) in [6.45, 7) is 0. The summed E-state index contributed by atoms with van der Waals surface area (Å²) in [6, 6.07) is 5.25. The molecular formula is C16H10ClF4N5O2S. The summed E-state index contributed by atoms with van der Waals surface area (Å²) < 4.78 is 77.1. The molecule has 1 aromatic heterocycles. The van der Waals surface area contributed by atoms with Gasteiger partial charge in [-0.15, -0.1) is 0 Å². The second kappa shape index (κ2) is 7.81. The van der Waals surface area contributed by atoms with Crippen molar-refractivity contribution in [2.75, 3.05) is 10.6 Å². The Bertz CT molecular complexity index is 1210. The smallest absolute Gasteiger partial charge is 0.239 e. The highest BCUT2D eigenvalue weighted by Gasteiger charge is 2.17. The first-order chi connectivity index (χ1) is 13.6. The fourth-order valence-electron chi connectivity index (χ4n) is 2.19. The van der Waals surface area contributed by atoms with Crippen LogP contribution >= 0.6 is 11.6 Å². The van der Waals surface area contributed by atoms with E-state index in [9.17, 15) is 26.0 Å². The van der Waals surface area contributed by atoms with Gasteiger partial charge in [0.05, 0.1) is 16.9 Å². The number of nitrogens with one attached hydrogen (secondary N) is 2. The maximum absolute atomic E-state index is 14.0. The predicted octanol–water partition coefficient (Wildman–Crippen LogP) is 3.82. The minimum Gasteiger partial charge on any atom is -0.335 e. The van der Waals surface area contributed by atoms with Gasteiger partial charge in [0.15, 0.2) is 29.1 Å². The minimum atomic E-state index is -4.11. The summed E-state index contributed by atoms with van der Waals surface area (Å²) in [6.07, 6.45) is 0.728. The quantitative estimate of drug-likeness (QED) is 0.405. The largest absolute Gasteiger partial charge is 0.335 e. The normalized spacial score (nSPS) is 11.4. The Morgan fingerprint density at radius 3 is 2.38 bits per heavy atom. The maximum atomic E-state index is 14.0. The van der Waals surface area contributed by atoms with Gasteiger partial charge in [0.1, 0.15) is 4.90 Å². The fourth-order valence-corrected chi connectivity index (χ4v) is 3.26. The van der Waals surface area contributed by atoms with Gasteiger partial charge in [-0.05, 0) is 30.3 Å². The van der Waals surface area contributed by atoms with E-state index >= 15 is 0 Å². The number of aromatic nitrogens is 2. The van der Waals surface area contributed by atoms with E-state index in [1.54, 1.807) is 0 Å². The monoisotopic (exact) mass is 447 g/mol. The molecule has 0 saturated carbocycles. The Balaban J connectivity index is 1.92. The molecule has 2 aromatic carbocycles. The Morgan fingerprint density at radius 1 is 0.966 bits per heavy atom.